The number of rotatable bonds is 8. The minimum Gasteiger partial charge on any atom is -0.493 e. The molecule has 2 N–H and O–H groups in total. The standard InChI is InChI=1S/C18H21N5O2S2/c1-3-25-14-7-5-4-6-13(14)17-20-12(11-27-17)10-16(24)19-9-8-15-21-22-18(26)23(15)2/h4-7,11H,3,8-10H2,1-2H3,(H,19,24)(H,22,26). The molecule has 27 heavy (non-hydrogen) atoms. The number of nitrogens with zero attached hydrogens (tertiary/aromatic N) is 3. The third-order valence-electron chi connectivity index (χ3n) is 3.95. The van der Waals surface area contributed by atoms with Crippen LogP contribution in [0, 0.1) is 4.77 Å². The van der Waals surface area contributed by atoms with Gasteiger partial charge in [-0.25, -0.2) is 4.98 Å². The molecule has 0 fully saturated rings. The zero-order valence-corrected chi connectivity index (χ0v) is 16.8. The highest BCUT2D eigenvalue weighted by Crippen LogP contribution is 2.32. The van der Waals surface area contributed by atoms with E-state index < -0.39 is 0 Å². The average molecular weight is 404 g/mol. The van der Waals surface area contributed by atoms with Gasteiger partial charge in [-0.15, -0.1) is 11.3 Å². The Balaban J connectivity index is 1.57. The second kappa shape index (κ2) is 8.92. The van der Waals surface area contributed by atoms with E-state index in [1.807, 2.05) is 43.6 Å². The number of carbonyl (C=O) groups excluding carboxylic acids is 1. The minimum absolute atomic E-state index is 0.0678. The molecule has 0 aliphatic carbocycles. The Morgan fingerprint density at radius 1 is 1.41 bits per heavy atom. The fourth-order valence-electron chi connectivity index (χ4n) is 2.58. The summed E-state index contributed by atoms with van der Waals surface area (Å²) in [4.78, 5) is 16.8. The van der Waals surface area contributed by atoms with Crippen molar-refractivity contribution in [3.8, 4) is 16.3 Å². The first-order chi connectivity index (χ1) is 13.1. The molecule has 7 nitrogen and oxygen atoms in total. The van der Waals surface area contributed by atoms with E-state index in [1.54, 1.807) is 4.57 Å². The van der Waals surface area contributed by atoms with Crippen LogP contribution in [0.5, 0.6) is 5.75 Å². The molecular formula is C18H21N5O2S2. The van der Waals surface area contributed by atoms with Gasteiger partial charge in [0, 0.05) is 25.4 Å². The van der Waals surface area contributed by atoms with Crippen molar-refractivity contribution in [3.05, 3.63) is 45.9 Å². The van der Waals surface area contributed by atoms with Crippen LogP contribution in [-0.2, 0) is 24.7 Å². The number of para-hydroxylation sites is 1. The number of H-pyrrole nitrogens is 1. The highest BCUT2D eigenvalue weighted by atomic mass is 32.1. The Morgan fingerprint density at radius 2 is 2.22 bits per heavy atom. The molecule has 2 aromatic heterocycles. The average Bonchev–Trinajstić information content (AvgIpc) is 3.24. The lowest BCUT2D eigenvalue weighted by molar-refractivity contribution is -0.120. The summed E-state index contributed by atoms with van der Waals surface area (Å²) in [5.41, 5.74) is 1.69. The molecule has 1 aromatic carbocycles. The summed E-state index contributed by atoms with van der Waals surface area (Å²) in [6, 6.07) is 7.79. The number of nitrogens with one attached hydrogen (secondary N) is 2. The van der Waals surface area contributed by atoms with Crippen molar-refractivity contribution in [2.75, 3.05) is 13.2 Å². The molecule has 0 saturated heterocycles. The molecule has 0 atom stereocenters. The first kappa shape index (κ1) is 19.2. The van der Waals surface area contributed by atoms with Gasteiger partial charge in [-0.3, -0.25) is 9.89 Å². The van der Waals surface area contributed by atoms with Crippen LogP contribution in [0.4, 0.5) is 0 Å². The van der Waals surface area contributed by atoms with E-state index in [2.05, 4.69) is 20.5 Å². The summed E-state index contributed by atoms with van der Waals surface area (Å²) in [5.74, 6) is 1.55. The van der Waals surface area contributed by atoms with Gasteiger partial charge in [-0.05, 0) is 31.3 Å². The van der Waals surface area contributed by atoms with Crippen LogP contribution in [0.25, 0.3) is 10.6 Å². The summed E-state index contributed by atoms with van der Waals surface area (Å²) in [7, 11) is 1.85. The molecule has 3 rings (SSSR count). The maximum atomic E-state index is 12.2. The lowest BCUT2D eigenvalue weighted by Gasteiger charge is -2.07. The molecule has 2 heterocycles. The highest BCUT2D eigenvalue weighted by molar-refractivity contribution is 7.71. The third kappa shape index (κ3) is 4.81. The monoisotopic (exact) mass is 403 g/mol. The molecule has 0 aliphatic rings. The number of hydrogen-bond acceptors (Lipinski definition) is 6. The number of hydrogen-bond donors (Lipinski definition) is 2. The zero-order valence-electron chi connectivity index (χ0n) is 15.2. The van der Waals surface area contributed by atoms with Gasteiger partial charge in [0.05, 0.1) is 24.3 Å². The van der Waals surface area contributed by atoms with Crippen LogP contribution in [0.1, 0.15) is 18.4 Å². The van der Waals surface area contributed by atoms with E-state index in [1.165, 1.54) is 11.3 Å². The molecule has 9 heteroatoms. The topological polar surface area (TPSA) is 84.8 Å². The lowest BCUT2D eigenvalue weighted by Crippen LogP contribution is -2.27. The maximum Gasteiger partial charge on any atom is 0.226 e. The molecule has 0 saturated carbocycles. The number of amides is 1. The molecule has 3 aromatic rings. The van der Waals surface area contributed by atoms with Crippen molar-refractivity contribution in [1.82, 2.24) is 25.1 Å². The van der Waals surface area contributed by atoms with Crippen molar-refractivity contribution in [2.45, 2.75) is 19.8 Å². The molecular weight excluding hydrogens is 382 g/mol. The van der Waals surface area contributed by atoms with Gasteiger partial charge in [-0.1, -0.05) is 12.1 Å². The highest BCUT2D eigenvalue weighted by Gasteiger charge is 2.12. The van der Waals surface area contributed by atoms with Gasteiger partial charge in [0.25, 0.3) is 0 Å². The largest absolute Gasteiger partial charge is 0.493 e. The number of aromatic nitrogens is 4. The number of aromatic amines is 1. The molecule has 0 radical (unpaired) electrons. The second-order valence-corrected chi connectivity index (χ2v) is 7.10. The van der Waals surface area contributed by atoms with Crippen LogP contribution < -0.4 is 10.1 Å². The predicted molar refractivity (Wildman–Crippen MR) is 108 cm³/mol. The van der Waals surface area contributed by atoms with Crippen molar-refractivity contribution in [1.29, 1.82) is 0 Å². The first-order valence-corrected chi connectivity index (χ1v) is 9.90. The van der Waals surface area contributed by atoms with E-state index in [0.29, 0.717) is 24.3 Å². The van der Waals surface area contributed by atoms with E-state index in [9.17, 15) is 4.79 Å². The number of ether oxygens (including phenoxy) is 1. The Labute approximate surface area is 166 Å². The van der Waals surface area contributed by atoms with Gasteiger partial charge in [-0.2, -0.15) is 5.10 Å². The van der Waals surface area contributed by atoms with Gasteiger partial charge in [0.2, 0.25) is 5.91 Å². The molecule has 1 amide bonds. The minimum atomic E-state index is -0.0678. The fraction of sp³-hybridized carbons (Fsp3) is 0.333. The fourth-order valence-corrected chi connectivity index (χ4v) is 3.58. The predicted octanol–water partition coefficient (Wildman–Crippen LogP) is 2.90. The summed E-state index contributed by atoms with van der Waals surface area (Å²) in [5, 5.41) is 12.5. The second-order valence-electron chi connectivity index (χ2n) is 5.85. The molecule has 0 bridgehead atoms. The summed E-state index contributed by atoms with van der Waals surface area (Å²) < 4.78 is 8.02. The lowest BCUT2D eigenvalue weighted by atomic mass is 10.2. The van der Waals surface area contributed by atoms with E-state index in [4.69, 9.17) is 17.0 Å². The Morgan fingerprint density at radius 3 is 2.96 bits per heavy atom. The first-order valence-electron chi connectivity index (χ1n) is 8.62. The number of thiazole rings is 1. The van der Waals surface area contributed by atoms with Gasteiger partial charge in [0.1, 0.15) is 16.6 Å². The van der Waals surface area contributed by atoms with Crippen molar-refractivity contribution < 1.29 is 9.53 Å². The molecule has 0 unspecified atom stereocenters. The van der Waals surface area contributed by atoms with Crippen molar-refractivity contribution in [2.24, 2.45) is 7.05 Å². The SMILES string of the molecule is CCOc1ccccc1-c1nc(CC(=O)NCCc2n[nH]c(=S)n2C)cs1. The molecule has 142 valence electrons. The third-order valence-corrected chi connectivity index (χ3v) is 5.24. The van der Waals surface area contributed by atoms with Crippen molar-refractivity contribution in [3.63, 3.8) is 0 Å². The zero-order chi connectivity index (χ0) is 19.2. The summed E-state index contributed by atoms with van der Waals surface area (Å²) in [6.45, 7) is 3.04. The summed E-state index contributed by atoms with van der Waals surface area (Å²) in [6.07, 6.45) is 0.853. The van der Waals surface area contributed by atoms with Gasteiger partial charge in [0.15, 0.2) is 4.77 Å². The van der Waals surface area contributed by atoms with Gasteiger partial charge >= 0.3 is 0 Å². The van der Waals surface area contributed by atoms with E-state index in [-0.39, 0.29) is 12.3 Å². The van der Waals surface area contributed by atoms with Crippen LogP contribution in [-0.4, -0.2) is 38.8 Å². The van der Waals surface area contributed by atoms with Crippen LogP contribution in [0.2, 0.25) is 0 Å². The molecule has 0 aliphatic heterocycles. The van der Waals surface area contributed by atoms with Crippen LogP contribution >= 0.6 is 23.6 Å². The Hall–Kier alpha value is -2.52. The Bertz CT molecular complexity index is 976. The number of benzene rings is 1. The summed E-state index contributed by atoms with van der Waals surface area (Å²) >= 11 is 6.58. The number of carbonyl (C=O) groups is 1. The quantitative estimate of drug-likeness (QED) is 0.565. The molecule has 0 spiro atoms. The van der Waals surface area contributed by atoms with Crippen LogP contribution in [0.3, 0.4) is 0 Å². The van der Waals surface area contributed by atoms with Gasteiger partial charge < -0.3 is 14.6 Å². The van der Waals surface area contributed by atoms with Crippen LogP contribution in [0.15, 0.2) is 29.6 Å². The van der Waals surface area contributed by atoms with E-state index >= 15 is 0 Å². The Kier molecular flexibility index (Phi) is 6.36. The maximum absolute atomic E-state index is 12.2. The van der Waals surface area contributed by atoms with E-state index in [0.717, 1.165) is 27.8 Å². The smallest absolute Gasteiger partial charge is 0.226 e. The normalized spacial score (nSPS) is 10.7. The van der Waals surface area contributed by atoms with Crippen molar-refractivity contribution >= 4 is 29.5 Å².